The minimum absolute atomic E-state index is 0.0105. The number of aliphatic imine (C=N–C) groups is 1. The van der Waals surface area contributed by atoms with Gasteiger partial charge in [-0.05, 0) is 66.7 Å². The number of nitrogens with zero attached hydrogens (tertiary/aromatic N) is 3. The predicted molar refractivity (Wildman–Crippen MR) is 149 cm³/mol. The van der Waals surface area contributed by atoms with Crippen LogP contribution in [-0.4, -0.2) is 52.7 Å². The van der Waals surface area contributed by atoms with E-state index in [1.165, 1.54) is 23.7 Å². The number of amides is 2. The smallest absolute Gasteiger partial charge is 0.283 e. The molecule has 2 aromatic carbocycles. The number of amidine groups is 2. The van der Waals surface area contributed by atoms with E-state index in [1.54, 1.807) is 48.5 Å². The van der Waals surface area contributed by atoms with Crippen molar-refractivity contribution in [2.75, 3.05) is 25.1 Å². The van der Waals surface area contributed by atoms with Crippen LogP contribution in [0.2, 0.25) is 0 Å². The van der Waals surface area contributed by atoms with Crippen LogP contribution >= 0.6 is 11.8 Å². The first-order chi connectivity index (χ1) is 18.2. The SMILES string of the molecule is CCOc1cc(/C=C2\C(=N)N3N=C(C(C)C)SC3=NC2=O)ccc1OCCOc1ccc(NC(C)=O)cc1. The number of thioether (sulfide) groups is 1. The van der Waals surface area contributed by atoms with Crippen LogP contribution in [0.5, 0.6) is 17.2 Å². The highest BCUT2D eigenvalue weighted by molar-refractivity contribution is 8.27. The molecule has 10 nitrogen and oxygen atoms in total. The molecule has 0 atom stereocenters. The lowest BCUT2D eigenvalue weighted by molar-refractivity contribution is -0.115. The summed E-state index contributed by atoms with van der Waals surface area (Å²) in [6.07, 6.45) is 1.61. The summed E-state index contributed by atoms with van der Waals surface area (Å²) in [6.45, 7) is 8.33. The third-order valence-electron chi connectivity index (χ3n) is 5.33. The molecule has 198 valence electrons. The summed E-state index contributed by atoms with van der Waals surface area (Å²) in [4.78, 5) is 27.9. The van der Waals surface area contributed by atoms with Gasteiger partial charge >= 0.3 is 0 Å². The quantitative estimate of drug-likeness (QED) is 0.331. The zero-order chi connectivity index (χ0) is 27.2. The number of hydrogen-bond acceptors (Lipinski definition) is 8. The van der Waals surface area contributed by atoms with E-state index in [2.05, 4.69) is 15.4 Å². The van der Waals surface area contributed by atoms with E-state index in [0.29, 0.717) is 46.9 Å². The number of benzene rings is 2. The Labute approximate surface area is 225 Å². The van der Waals surface area contributed by atoms with Gasteiger partial charge in [0, 0.05) is 18.5 Å². The summed E-state index contributed by atoms with van der Waals surface area (Å²) in [5.41, 5.74) is 1.52. The van der Waals surface area contributed by atoms with Crippen molar-refractivity contribution < 1.29 is 23.8 Å². The summed E-state index contributed by atoms with van der Waals surface area (Å²) < 4.78 is 17.4. The topological polar surface area (TPSA) is 126 Å². The fraction of sp³-hybridized carbons (Fsp3) is 0.296. The van der Waals surface area contributed by atoms with Crippen LogP contribution in [0.3, 0.4) is 0 Å². The first-order valence-corrected chi connectivity index (χ1v) is 13.0. The molecule has 0 aromatic heterocycles. The monoisotopic (exact) mass is 535 g/mol. The summed E-state index contributed by atoms with van der Waals surface area (Å²) in [5, 5.41) is 18.3. The first-order valence-electron chi connectivity index (χ1n) is 12.2. The molecule has 38 heavy (non-hydrogen) atoms. The Morgan fingerprint density at radius 2 is 1.84 bits per heavy atom. The van der Waals surface area contributed by atoms with Gasteiger partial charge in [0.15, 0.2) is 17.3 Å². The van der Waals surface area contributed by atoms with E-state index in [9.17, 15) is 9.59 Å². The molecule has 2 aliphatic rings. The fourth-order valence-electron chi connectivity index (χ4n) is 3.56. The number of fused-ring (bicyclic) bond motifs is 1. The fourth-order valence-corrected chi connectivity index (χ4v) is 4.45. The molecule has 0 unspecified atom stereocenters. The van der Waals surface area contributed by atoms with Gasteiger partial charge in [-0.2, -0.15) is 15.1 Å². The number of nitrogens with one attached hydrogen (secondary N) is 2. The zero-order valence-electron chi connectivity index (χ0n) is 21.6. The van der Waals surface area contributed by atoms with Gasteiger partial charge in [-0.1, -0.05) is 19.9 Å². The number of hydrogen-bond donors (Lipinski definition) is 2. The second-order valence-corrected chi connectivity index (χ2v) is 9.64. The standard InChI is InChI=1S/C27H29N5O5S/c1-5-35-23-15-18(14-21-24(28)32-27(30-25(21)34)38-26(31-32)16(2)3)6-11-22(23)37-13-12-36-20-9-7-19(8-10-20)29-17(4)33/h6-11,14-16,28H,5,12-13H2,1-4H3,(H,29,33)/b21-14+,28-24?. The van der Waals surface area contributed by atoms with Crippen molar-refractivity contribution in [3.8, 4) is 17.2 Å². The Hall–Kier alpha value is -4.12. The molecule has 0 saturated heterocycles. The molecule has 2 N–H and O–H groups in total. The van der Waals surface area contributed by atoms with E-state index in [0.717, 1.165) is 5.04 Å². The van der Waals surface area contributed by atoms with Gasteiger partial charge in [0.2, 0.25) is 11.1 Å². The normalized spacial score (nSPS) is 15.8. The molecule has 0 radical (unpaired) electrons. The van der Waals surface area contributed by atoms with Gasteiger partial charge in [-0.25, -0.2) is 0 Å². The van der Waals surface area contributed by atoms with Crippen LogP contribution in [0, 0.1) is 11.3 Å². The number of ether oxygens (including phenoxy) is 3. The maximum Gasteiger partial charge on any atom is 0.283 e. The molecule has 0 fully saturated rings. The molecule has 0 saturated carbocycles. The van der Waals surface area contributed by atoms with Crippen molar-refractivity contribution in [3.05, 3.63) is 53.6 Å². The third-order valence-corrected chi connectivity index (χ3v) is 6.54. The highest BCUT2D eigenvalue weighted by atomic mass is 32.2. The van der Waals surface area contributed by atoms with Crippen molar-refractivity contribution in [1.82, 2.24) is 5.01 Å². The van der Waals surface area contributed by atoms with Gasteiger partial charge in [-0.15, -0.1) is 0 Å². The second-order valence-electron chi connectivity index (χ2n) is 8.65. The molecule has 2 heterocycles. The van der Waals surface area contributed by atoms with Gasteiger partial charge in [0.25, 0.3) is 5.91 Å². The summed E-state index contributed by atoms with van der Waals surface area (Å²) >= 11 is 1.32. The van der Waals surface area contributed by atoms with Gasteiger partial charge in [0.1, 0.15) is 24.0 Å². The Morgan fingerprint density at radius 3 is 2.53 bits per heavy atom. The maximum absolute atomic E-state index is 12.7. The maximum atomic E-state index is 12.7. The Bertz CT molecular complexity index is 1330. The van der Waals surface area contributed by atoms with E-state index in [4.69, 9.17) is 19.6 Å². The van der Waals surface area contributed by atoms with E-state index < -0.39 is 5.91 Å². The molecule has 2 aliphatic heterocycles. The highest BCUT2D eigenvalue weighted by Crippen LogP contribution is 2.33. The van der Waals surface area contributed by atoms with Crippen molar-refractivity contribution in [3.63, 3.8) is 0 Å². The lowest BCUT2D eigenvalue weighted by atomic mass is 10.1. The van der Waals surface area contributed by atoms with Crippen LogP contribution < -0.4 is 19.5 Å². The Kier molecular flexibility index (Phi) is 8.47. The van der Waals surface area contributed by atoms with E-state index >= 15 is 0 Å². The number of rotatable bonds is 10. The first kappa shape index (κ1) is 26.9. The van der Waals surface area contributed by atoms with Crippen LogP contribution in [0.4, 0.5) is 5.69 Å². The predicted octanol–water partition coefficient (Wildman–Crippen LogP) is 4.78. The minimum atomic E-state index is -0.477. The van der Waals surface area contributed by atoms with Gasteiger partial charge in [0.05, 0.1) is 12.2 Å². The number of anilines is 1. The molecular formula is C27H29N5O5S. The average Bonchev–Trinajstić information content (AvgIpc) is 3.31. The molecule has 2 aromatic rings. The van der Waals surface area contributed by atoms with Crippen molar-refractivity contribution in [2.45, 2.75) is 27.7 Å². The summed E-state index contributed by atoms with van der Waals surface area (Å²) in [7, 11) is 0. The van der Waals surface area contributed by atoms with Crippen LogP contribution in [0.25, 0.3) is 6.08 Å². The van der Waals surface area contributed by atoms with Crippen LogP contribution in [0.1, 0.15) is 33.3 Å². The Morgan fingerprint density at radius 1 is 1.11 bits per heavy atom. The largest absolute Gasteiger partial charge is 0.490 e. The Balaban J connectivity index is 1.41. The van der Waals surface area contributed by atoms with E-state index in [1.807, 2.05) is 20.8 Å². The summed E-state index contributed by atoms with van der Waals surface area (Å²) in [5.74, 6) is 1.25. The average molecular weight is 536 g/mol. The number of hydrazone groups is 1. The van der Waals surface area contributed by atoms with Crippen molar-refractivity contribution in [1.29, 1.82) is 5.41 Å². The lowest BCUT2D eigenvalue weighted by Gasteiger charge is -2.20. The van der Waals surface area contributed by atoms with Crippen LogP contribution in [-0.2, 0) is 9.59 Å². The molecule has 2 amide bonds. The zero-order valence-corrected chi connectivity index (χ0v) is 22.4. The highest BCUT2D eigenvalue weighted by Gasteiger charge is 2.36. The van der Waals surface area contributed by atoms with Gasteiger partial charge in [-0.3, -0.25) is 15.0 Å². The molecule has 0 aliphatic carbocycles. The molecule has 0 spiro atoms. The summed E-state index contributed by atoms with van der Waals surface area (Å²) in [6, 6.07) is 12.4. The van der Waals surface area contributed by atoms with Crippen molar-refractivity contribution in [2.24, 2.45) is 16.0 Å². The minimum Gasteiger partial charge on any atom is -0.490 e. The number of carbonyl (C=O) groups is 2. The molecular weight excluding hydrogens is 506 g/mol. The van der Waals surface area contributed by atoms with Crippen LogP contribution in [0.15, 0.2) is 58.1 Å². The molecule has 11 heteroatoms. The molecule has 0 bridgehead atoms. The van der Waals surface area contributed by atoms with Crippen molar-refractivity contribution >= 4 is 51.4 Å². The lowest BCUT2D eigenvalue weighted by Crippen LogP contribution is -2.35. The second kappa shape index (κ2) is 12.0. The third kappa shape index (κ3) is 6.41. The number of carbonyl (C=O) groups excluding carboxylic acids is 2. The molecule has 4 rings (SSSR count). The van der Waals surface area contributed by atoms with Gasteiger partial charge < -0.3 is 19.5 Å². The van der Waals surface area contributed by atoms with E-state index in [-0.39, 0.29) is 29.8 Å².